The van der Waals surface area contributed by atoms with Crippen molar-refractivity contribution in [3.63, 3.8) is 0 Å². The van der Waals surface area contributed by atoms with E-state index < -0.39 is 0 Å². The van der Waals surface area contributed by atoms with Gasteiger partial charge in [-0.25, -0.2) is 0 Å². The number of hydrogen-bond donors (Lipinski definition) is 2. The highest BCUT2D eigenvalue weighted by molar-refractivity contribution is 6.30. The number of anilines is 1. The maximum absolute atomic E-state index is 12.2. The Morgan fingerprint density at radius 1 is 1.33 bits per heavy atom. The van der Waals surface area contributed by atoms with Crippen molar-refractivity contribution in [2.24, 2.45) is 0 Å². The number of amides is 1. The first kappa shape index (κ1) is 16.8. The monoisotopic (exact) mass is 344 g/mol. The highest BCUT2D eigenvalue weighted by Gasteiger charge is 2.22. The van der Waals surface area contributed by atoms with Crippen LogP contribution in [0, 0.1) is 6.92 Å². The lowest BCUT2D eigenvalue weighted by atomic mass is 10.1. The zero-order valence-corrected chi connectivity index (χ0v) is 14.4. The number of halogens is 1. The van der Waals surface area contributed by atoms with Gasteiger partial charge in [0.05, 0.1) is 6.04 Å². The third-order valence-corrected chi connectivity index (χ3v) is 4.36. The maximum Gasteiger partial charge on any atom is 0.241 e. The van der Waals surface area contributed by atoms with E-state index in [0.29, 0.717) is 11.6 Å². The summed E-state index contributed by atoms with van der Waals surface area (Å²) in [7, 11) is 0. The van der Waals surface area contributed by atoms with Gasteiger partial charge in [0.25, 0.3) is 0 Å². The Morgan fingerprint density at radius 2 is 2.21 bits per heavy atom. The molecule has 1 atom stereocenters. The lowest BCUT2D eigenvalue weighted by Gasteiger charge is -2.14. The molecular weight excluding hydrogens is 324 g/mol. The molecule has 1 saturated heterocycles. The van der Waals surface area contributed by atoms with Crippen molar-refractivity contribution in [2.75, 3.05) is 11.9 Å². The van der Waals surface area contributed by atoms with Crippen LogP contribution in [0.5, 0.6) is 5.75 Å². The molecule has 0 spiro atoms. The molecule has 1 heterocycles. The van der Waals surface area contributed by atoms with Crippen LogP contribution >= 0.6 is 11.6 Å². The van der Waals surface area contributed by atoms with Gasteiger partial charge in [0.15, 0.2) is 0 Å². The van der Waals surface area contributed by atoms with Crippen molar-refractivity contribution in [2.45, 2.75) is 32.4 Å². The van der Waals surface area contributed by atoms with Gasteiger partial charge in [-0.15, -0.1) is 0 Å². The Kier molecular flexibility index (Phi) is 5.38. The van der Waals surface area contributed by atoms with E-state index in [0.717, 1.165) is 42.0 Å². The van der Waals surface area contributed by atoms with Crippen molar-refractivity contribution in [1.82, 2.24) is 5.32 Å². The summed E-state index contributed by atoms with van der Waals surface area (Å²) >= 11 is 5.97. The highest BCUT2D eigenvalue weighted by Crippen LogP contribution is 2.23. The van der Waals surface area contributed by atoms with Gasteiger partial charge in [0.1, 0.15) is 12.4 Å². The molecule has 1 aliphatic rings. The van der Waals surface area contributed by atoms with E-state index in [2.05, 4.69) is 10.6 Å². The minimum Gasteiger partial charge on any atom is -0.489 e. The summed E-state index contributed by atoms with van der Waals surface area (Å²) in [5.74, 6) is 0.799. The van der Waals surface area contributed by atoms with Crippen LogP contribution in [0.4, 0.5) is 5.69 Å². The Hall–Kier alpha value is -2.04. The first-order valence-electron chi connectivity index (χ1n) is 8.14. The van der Waals surface area contributed by atoms with Crippen molar-refractivity contribution in [1.29, 1.82) is 0 Å². The van der Waals surface area contributed by atoms with E-state index in [9.17, 15) is 4.79 Å². The number of nitrogens with one attached hydrogen (secondary N) is 2. The fourth-order valence-electron chi connectivity index (χ4n) is 2.79. The average Bonchev–Trinajstić information content (AvgIpc) is 3.10. The summed E-state index contributed by atoms with van der Waals surface area (Å²) < 4.78 is 5.80. The van der Waals surface area contributed by atoms with E-state index >= 15 is 0 Å². The van der Waals surface area contributed by atoms with Crippen LogP contribution in [-0.2, 0) is 11.4 Å². The van der Waals surface area contributed by atoms with Crippen LogP contribution in [0.15, 0.2) is 42.5 Å². The van der Waals surface area contributed by atoms with Gasteiger partial charge in [-0.05, 0) is 67.8 Å². The van der Waals surface area contributed by atoms with Crippen molar-refractivity contribution in [3.8, 4) is 5.75 Å². The molecule has 4 nitrogen and oxygen atoms in total. The molecule has 2 aromatic rings. The normalized spacial score (nSPS) is 16.8. The maximum atomic E-state index is 12.2. The Morgan fingerprint density at radius 3 is 2.92 bits per heavy atom. The summed E-state index contributed by atoms with van der Waals surface area (Å²) in [6.07, 6.45) is 1.94. The number of benzene rings is 2. The fraction of sp³-hybridized carbons (Fsp3) is 0.316. The molecule has 0 aliphatic carbocycles. The molecule has 0 aromatic heterocycles. The standard InChI is InChI=1S/C19H21ClN2O2/c1-13-10-16(24-12-14-4-2-5-15(20)11-14)7-8-17(13)22-19(23)18-6-3-9-21-18/h2,4-5,7-8,10-11,18,21H,3,6,9,12H2,1H3,(H,22,23). The van der Waals surface area contributed by atoms with Crippen LogP contribution in [0.3, 0.4) is 0 Å². The SMILES string of the molecule is Cc1cc(OCc2cccc(Cl)c2)ccc1NC(=O)C1CCCN1. The van der Waals surface area contributed by atoms with Gasteiger partial charge < -0.3 is 15.4 Å². The van der Waals surface area contributed by atoms with Crippen LogP contribution in [0.1, 0.15) is 24.0 Å². The van der Waals surface area contributed by atoms with Crippen LogP contribution in [0.25, 0.3) is 0 Å². The molecule has 2 aromatic carbocycles. The summed E-state index contributed by atoms with van der Waals surface area (Å²) in [5, 5.41) is 6.89. The smallest absolute Gasteiger partial charge is 0.241 e. The van der Waals surface area contributed by atoms with Gasteiger partial charge in [-0.3, -0.25) is 4.79 Å². The lowest BCUT2D eigenvalue weighted by molar-refractivity contribution is -0.117. The molecule has 0 radical (unpaired) electrons. The average molecular weight is 345 g/mol. The zero-order valence-electron chi connectivity index (χ0n) is 13.6. The molecule has 2 N–H and O–H groups in total. The van der Waals surface area contributed by atoms with Crippen LogP contribution in [0.2, 0.25) is 5.02 Å². The third kappa shape index (κ3) is 4.28. The first-order chi connectivity index (χ1) is 11.6. The van der Waals surface area contributed by atoms with Gasteiger partial charge in [-0.2, -0.15) is 0 Å². The first-order valence-corrected chi connectivity index (χ1v) is 8.52. The summed E-state index contributed by atoms with van der Waals surface area (Å²) in [4.78, 5) is 12.2. The highest BCUT2D eigenvalue weighted by atomic mass is 35.5. The predicted octanol–water partition coefficient (Wildman–Crippen LogP) is 3.92. The molecule has 5 heteroatoms. The lowest BCUT2D eigenvalue weighted by Crippen LogP contribution is -2.35. The van der Waals surface area contributed by atoms with Gasteiger partial charge in [0.2, 0.25) is 5.91 Å². The molecule has 1 unspecified atom stereocenters. The van der Waals surface area contributed by atoms with Crippen LogP contribution in [-0.4, -0.2) is 18.5 Å². The second-order valence-electron chi connectivity index (χ2n) is 6.03. The van der Waals surface area contributed by atoms with Crippen LogP contribution < -0.4 is 15.4 Å². The van der Waals surface area contributed by atoms with Crippen molar-refractivity contribution in [3.05, 3.63) is 58.6 Å². The Bertz CT molecular complexity index is 727. The summed E-state index contributed by atoms with van der Waals surface area (Å²) in [6.45, 7) is 3.33. The Labute approximate surface area is 147 Å². The second-order valence-corrected chi connectivity index (χ2v) is 6.47. The van der Waals surface area contributed by atoms with E-state index in [1.807, 2.05) is 49.4 Å². The second kappa shape index (κ2) is 7.69. The summed E-state index contributed by atoms with van der Waals surface area (Å²) in [5.41, 5.74) is 2.82. The number of carbonyl (C=O) groups excluding carboxylic acids is 1. The Balaban J connectivity index is 1.60. The molecule has 24 heavy (non-hydrogen) atoms. The van der Waals surface area contributed by atoms with E-state index in [-0.39, 0.29) is 11.9 Å². The van der Waals surface area contributed by atoms with E-state index in [4.69, 9.17) is 16.3 Å². The number of hydrogen-bond acceptors (Lipinski definition) is 3. The molecule has 126 valence electrons. The van der Waals surface area contributed by atoms with Gasteiger partial charge >= 0.3 is 0 Å². The third-order valence-electron chi connectivity index (χ3n) is 4.13. The quantitative estimate of drug-likeness (QED) is 0.864. The molecule has 1 aliphatic heterocycles. The molecule has 1 amide bonds. The molecule has 3 rings (SSSR count). The van der Waals surface area contributed by atoms with Crippen molar-refractivity contribution >= 4 is 23.2 Å². The number of ether oxygens (including phenoxy) is 1. The van der Waals surface area contributed by atoms with Crippen molar-refractivity contribution < 1.29 is 9.53 Å². The molecule has 0 saturated carbocycles. The number of rotatable bonds is 5. The number of aryl methyl sites for hydroxylation is 1. The molecule has 1 fully saturated rings. The van der Waals surface area contributed by atoms with Gasteiger partial charge in [-0.1, -0.05) is 23.7 Å². The predicted molar refractivity (Wildman–Crippen MR) is 96.6 cm³/mol. The van der Waals surface area contributed by atoms with E-state index in [1.54, 1.807) is 0 Å². The zero-order chi connectivity index (χ0) is 16.9. The largest absolute Gasteiger partial charge is 0.489 e. The van der Waals surface area contributed by atoms with E-state index in [1.165, 1.54) is 0 Å². The fourth-order valence-corrected chi connectivity index (χ4v) is 3.00. The topological polar surface area (TPSA) is 50.4 Å². The summed E-state index contributed by atoms with van der Waals surface area (Å²) in [6, 6.07) is 13.2. The molecule has 0 bridgehead atoms. The molecular formula is C19H21ClN2O2. The number of carbonyl (C=O) groups is 1. The van der Waals surface area contributed by atoms with Gasteiger partial charge in [0, 0.05) is 10.7 Å². The minimum absolute atomic E-state index is 0.0307. The minimum atomic E-state index is -0.0804.